The van der Waals surface area contributed by atoms with Gasteiger partial charge in [0.25, 0.3) is 0 Å². The number of nitrogens with one attached hydrogen (secondary N) is 2. The predicted molar refractivity (Wildman–Crippen MR) is 133 cm³/mol. The van der Waals surface area contributed by atoms with E-state index in [9.17, 15) is 19.2 Å². The van der Waals surface area contributed by atoms with Crippen molar-refractivity contribution >= 4 is 24.1 Å². The molecule has 11 nitrogen and oxygen atoms in total. The number of carbonyl (C=O) groups excluding carboxylic acids is 3. The number of aliphatic hydroxyl groups is 1. The maximum Gasteiger partial charge on any atom is 0.408 e. The van der Waals surface area contributed by atoms with Crippen LogP contribution < -0.4 is 10.6 Å². The Hall–Kier alpha value is -2.56. The lowest BCUT2D eigenvalue weighted by Crippen LogP contribution is -2.44. The number of alkyl carbamates (subject to hydrolysis) is 2. The first kappa shape index (κ1) is 30.5. The Balaban J connectivity index is -0.000000514. The van der Waals surface area contributed by atoms with Crippen LogP contribution in [0.25, 0.3) is 0 Å². The van der Waals surface area contributed by atoms with E-state index in [2.05, 4.69) is 10.6 Å². The van der Waals surface area contributed by atoms with Gasteiger partial charge in [0.05, 0.1) is 6.10 Å². The maximum atomic E-state index is 11.6. The average Bonchev–Trinajstić information content (AvgIpc) is 2.68. The molecule has 2 aliphatic carbocycles. The molecule has 2 amide bonds. The standard InChI is InChI=1S/C12H21NO4.C8H15NO4.C4H8O.2H2/c1-8(10(14)16-9-6-5-7-9)13-11(15)17-12(2,3)4;1-5(6(10)11)9-7(12)13-8(2,3)4;5-4-2-1-3-4;;/h8-9H,5-7H2,1-4H3,(H,13,15);5H,1-4H3,(H,9,12)(H,10,11);4-5H,1-3H2;2*1H/t8-;5-;;;/m00.../s1/i;;;1+2T;1+2. The fraction of sp³-hybridized carbons (Fsp3) is 0.833. The topological polar surface area (TPSA) is 160 Å². The summed E-state index contributed by atoms with van der Waals surface area (Å²) in [4.78, 5) is 44.3. The largest absolute Gasteiger partial charge is 0.480 e. The summed E-state index contributed by atoms with van der Waals surface area (Å²) in [7, 11) is 0. The van der Waals surface area contributed by atoms with Crippen molar-refractivity contribution in [2.75, 3.05) is 0 Å². The van der Waals surface area contributed by atoms with E-state index in [-0.39, 0.29) is 13.6 Å². The molecule has 0 aliphatic heterocycles. The minimum absolute atomic E-state index is 0. The number of esters is 1. The summed E-state index contributed by atoms with van der Waals surface area (Å²) >= 11 is 0. The molecule has 35 heavy (non-hydrogen) atoms. The molecule has 0 heterocycles. The van der Waals surface area contributed by atoms with Gasteiger partial charge in [0.2, 0.25) is 0 Å². The molecule has 0 unspecified atom stereocenters. The van der Waals surface area contributed by atoms with Crippen molar-refractivity contribution in [2.24, 2.45) is 0 Å². The Morgan fingerprint density at radius 3 is 1.46 bits per heavy atom. The summed E-state index contributed by atoms with van der Waals surface area (Å²) in [5.41, 5.74) is -1.18. The third-order valence-corrected chi connectivity index (χ3v) is 4.60. The first-order valence-corrected chi connectivity index (χ1v) is 12.0. The summed E-state index contributed by atoms with van der Waals surface area (Å²) in [6, 6.07) is -1.61. The van der Waals surface area contributed by atoms with Crippen molar-refractivity contribution in [2.45, 2.75) is 129 Å². The Kier molecular flexibility index (Phi) is 12.8. The molecule has 0 radical (unpaired) electrons. The van der Waals surface area contributed by atoms with Gasteiger partial charge in [-0.15, -0.1) is 0 Å². The first-order chi connectivity index (χ1) is 16.9. The summed E-state index contributed by atoms with van der Waals surface area (Å²) in [6.07, 6.45) is 5.04. The van der Waals surface area contributed by atoms with Crippen LogP contribution in [0.3, 0.4) is 0 Å². The number of ether oxygens (including phenoxy) is 3. The molecular weight excluding hydrogens is 460 g/mol. The predicted octanol–water partition coefficient (Wildman–Crippen LogP) is 4.00. The van der Waals surface area contributed by atoms with Gasteiger partial charge in [0.15, 0.2) is 0 Å². The summed E-state index contributed by atoms with van der Waals surface area (Å²) in [5, 5.41) is 21.5. The molecule has 2 aliphatic rings. The summed E-state index contributed by atoms with van der Waals surface area (Å²) < 4.78 is 25.1. The van der Waals surface area contributed by atoms with Gasteiger partial charge >= 0.3 is 24.1 Å². The highest BCUT2D eigenvalue weighted by Crippen LogP contribution is 2.22. The molecular formula is C24H48N2O9. The van der Waals surface area contributed by atoms with E-state index in [1.54, 1.807) is 48.5 Å². The number of carboxylic acids is 1. The lowest BCUT2D eigenvalue weighted by Gasteiger charge is -2.27. The van der Waals surface area contributed by atoms with Crippen LogP contribution in [0.4, 0.5) is 9.59 Å². The number of rotatable bonds is 5. The van der Waals surface area contributed by atoms with Gasteiger partial charge in [-0.3, -0.25) is 4.79 Å². The molecule has 4 N–H and O–H groups in total. The fourth-order valence-electron chi connectivity index (χ4n) is 2.23. The second-order valence-corrected chi connectivity index (χ2v) is 10.6. The van der Waals surface area contributed by atoms with E-state index in [0.29, 0.717) is 0 Å². The van der Waals surface area contributed by atoms with E-state index in [1.165, 1.54) is 13.3 Å². The Morgan fingerprint density at radius 2 is 1.20 bits per heavy atom. The quantitative estimate of drug-likeness (QED) is 0.314. The van der Waals surface area contributed by atoms with Crippen molar-refractivity contribution in [1.82, 2.24) is 10.6 Å². The fourth-order valence-corrected chi connectivity index (χ4v) is 2.23. The number of aliphatic carboxylic acids is 1. The van der Waals surface area contributed by atoms with Crippen LogP contribution >= 0.6 is 0 Å². The maximum absolute atomic E-state index is 11.6. The Labute approximate surface area is 212 Å². The highest BCUT2D eigenvalue weighted by Gasteiger charge is 2.27. The van der Waals surface area contributed by atoms with Gasteiger partial charge in [-0.05, 0) is 93.9 Å². The molecule has 208 valence electrons. The summed E-state index contributed by atoms with van der Waals surface area (Å²) in [6.45, 7) is 13.4. The van der Waals surface area contributed by atoms with Gasteiger partial charge in [-0.2, -0.15) is 0 Å². The Morgan fingerprint density at radius 1 is 0.829 bits per heavy atom. The van der Waals surface area contributed by atoms with E-state index < -0.39 is 47.4 Å². The smallest absolute Gasteiger partial charge is 0.408 e. The molecule has 0 spiro atoms. The van der Waals surface area contributed by atoms with Crippen LogP contribution in [0.5, 0.6) is 0 Å². The minimum atomic E-state index is -1.09. The molecule has 2 saturated carbocycles. The van der Waals surface area contributed by atoms with Crippen LogP contribution in [0, 0.1) is 0 Å². The van der Waals surface area contributed by atoms with Gasteiger partial charge in [0, 0.05) is 4.40 Å². The third kappa shape index (κ3) is 17.5. The molecule has 0 aromatic rings. The van der Waals surface area contributed by atoms with Gasteiger partial charge in [-0.1, -0.05) is 0 Å². The number of amides is 2. The van der Waals surface area contributed by atoms with Crippen molar-refractivity contribution in [3.8, 4) is 0 Å². The molecule has 2 fully saturated rings. The molecule has 0 aromatic carbocycles. The van der Waals surface area contributed by atoms with Crippen molar-refractivity contribution in [1.29, 1.82) is 0 Å². The number of carboxylic acid groups (broad SMARTS) is 1. The van der Waals surface area contributed by atoms with Gasteiger partial charge in [-0.25, -0.2) is 14.4 Å². The second kappa shape index (κ2) is 14.8. The number of aliphatic hydroxyl groups excluding tert-OH is 1. The third-order valence-electron chi connectivity index (χ3n) is 4.60. The molecule has 2 atom stereocenters. The van der Waals surface area contributed by atoms with Crippen LogP contribution in [-0.2, 0) is 23.8 Å². The highest BCUT2D eigenvalue weighted by molar-refractivity contribution is 5.81. The van der Waals surface area contributed by atoms with E-state index in [4.69, 9.17) is 27.4 Å². The molecule has 11 heteroatoms. The SMILES string of the molecule is C[C@H](NC(=O)OC(C)(C)C)C(=O)O.C[C@H](NC(=O)OC(C)(C)C)C(=O)OC1CCC1.OC1CCC1.[3HH].[3H][3H]. The summed E-state index contributed by atoms with van der Waals surface area (Å²) in [5.74, 6) is -1.49. The zero-order chi connectivity index (χ0) is 29.4. The minimum Gasteiger partial charge on any atom is -0.480 e. The molecule has 2 rings (SSSR count). The van der Waals surface area contributed by atoms with E-state index in [0.717, 1.165) is 32.1 Å². The monoisotopic (exact) mass is 514 g/mol. The highest BCUT2D eigenvalue weighted by atomic mass is 16.6. The van der Waals surface area contributed by atoms with Crippen molar-refractivity contribution < 1.29 is 48.0 Å². The van der Waals surface area contributed by atoms with Crippen LogP contribution in [0.2, 0.25) is 0 Å². The first-order valence-electron chi connectivity index (χ1n) is 13.0. The van der Waals surface area contributed by atoms with E-state index in [1.807, 2.05) is 0 Å². The number of hydrogen-bond acceptors (Lipinski definition) is 8. The van der Waals surface area contributed by atoms with Gasteiger partial charge in [0.1, 0.15) is 29.4 Å². The molecule has 0 aromatic heterocycles. The zero-order valence-corrected chi connectivity index (χ0v) is 22.3. The van der Waals surface area contributed by atoms with Crippen LogP contribution in [0.15, 0.2) is 0 Å². The van der Waals surface area contributed by atoms with Crippen LogP contribution in [-0.4, -0.2) is 69.8 Å². The second-order valence-electron chi connectivity index (χ2n) is 10.6. The Bertz CT molecular complexity index is 705. The lowest BCUT2D eigenvalue weighted by molar-refractivity contribution is -0.155. The van der Waals surface area contributed by atoms with Gasteiger partial charge < -0.3 is 35.1 Å². The molecule has 0 saturated heterocycles. The van der Waals surface area contributed by atoms with Crippen LogP contribution in [0.1, 0.15) is 98.3 Å². The molecule has 0 bridgehead atoms. The number of hydrogen-bond donors (Lipinski definition) is 4. The van der Waals surface area contributed by atoms with Crippen molar-refractivity contribution in [3.63, 3.8) is 0 Å². The van der Waals surface area contributed by atoms with Crippen molar-refractivity contribution in [3.05, 3.63) is 0 Å². The normalized spacial score (nSPS) is 17.5. The lowest BCUT2D eigenvalue weighted by atomic mass is 9.96. The van der Waals surface area contributed by atoms with E-state index >= 15 is 0 Å². The average molecular weight is 515 g/mol. The number of carbonyl (C=O) groups is 4. The zero-order valence-electron chi connectivity index (χ0n) is 24.3.